The van der Waals surface area contributed by atoms with Crippen molar-refractivity contribution >= 4 is 45.5 Å². The minimum Gasteiger partial charge on any atom is -0.393 e. The molecule has 1 aromatic heterocycles. The fourth-order valence-corrected chi connectivity index (χ4v) is 5.18. The van der Waals surface area contributed by atoms with Crippen LogP contribution in [0, 0.1) is 0 Å². The van der Waals surface area contributed by atoms with Gasteiger partial charge in [-0.1, -0.05) is 0 Å². The van der Waals surface area contributed by atoms with Gasteiger partial charge >= 0.3 is 0 Å². The molecule has 0 atom stereocenters. The van der Waals surface area contributed by atoms with Gasteiger partial charge in [-0.05, 0) is 110 Å². The molecule has 1 saturated heterocycles. The van der Waals surface area contributed by atoms with Gasteiger partial charge in [-0.3, -0.25) is 9.59 Å². The highest BCUT2D eigenvalue weighted by atomic mass is 16.3. The molecule has 8 heteroatoms. The number of primary amides is 1. The highest BCUT2D eigenvalue weighted by Crippen LogP contribution is 2.25. The van der Waals surface area contributed by atoms with Crippen molar-refractivity contribution in [3.05, 3.63) is 114 Å². The van der Waals surface area contributed by atoms with Gasteiger partial charge in [0.15, 0.2) is 0 Å². The number of amides is 2. The molecule has 0 bridgehead atoms. The number of fused-ring (bicyclic) bond motifs is 1. The summed E-state index contributed by atoms with van der Waals surface area (Å²) in [7, 11) is 0. The molecule has 6 rings (SSSR count). The van der Waals surface area contributed by atoms with Gasteiger partial charge < -0.3 is 30.9 Å². The molecule has 5 N–H and O–H groups in total. The number of nitrogens with two attached hydrogens (primary N) is 1. The Labute approximate surface area is 238 Å². The third kappa shape index (κ3) is 5.78. The maximum atomic E-state index is 12.8. The van der Waals surface area contributed by atoms with Crippen molar-refractivity contribution in [1.82, 2.24) is 4.57 Å². The highest BCUT2D eigenvalue weighted by Gasteiger charge is 2.17. The van der Waals surface area contributed by atoms with Crippen molar-refractivity contribution < 1.29 is 14.7 Å². The molecule has 8 nitrogen and oxygen atoms in total. The quantitative estimate of drug-likeness (QED) is 0.210. The van der Waals surface area contributed by atoms with Crippen molar-refractivity contribution in [3.8, 4) is 5.69 Å². The Hall–Kier alpha value is -5.08. The minimum atomic E-state index is -0.438. The molecule has 206 valence electrons. The first-order chi connectivity index (χ1) is 19.9. The number of rotatable bonds is 7. The maximum Gasteiger partial charge on any atom is 0.255 e. The van der Waals surface area contributed by atoms with E-state index in [4.69, 9.17) is 5.73 Å². The summed E-state index contributed by atoms with van der Waals surface area (Å²) in [6, 6.07) is 30.7. The first kappa shape index (κ1) is 26.2. The zero-order chi connectivity index (χ0) is 28.3. The van der Waals surface area contributed by atoms with E-state index in [1.807, 2.05) is 91.1 Å². The molecule has 2 heterocycles. The van der Waals surface area contributed by atoms with Crippen molar-refractivity contribution in [2.75, 3.05) is 28.6 Å². The molecule has 0 saturated carbocycles. The summed E-state index contributed by atoms with van der Waals surface area (Å²) < 4.78 is 2.06. The SMILES string of the molecule is NC(=O)c1ccc2c(ccn2-c2ccc(Nc3ccc(NC(=O)c4ccc(N5CCC(O)CC5)cc4)cc3)cc2)c1. The molecular formula is C33H31N5O3. The average molecular weight is 546 g/mol. The highest BCUT2D eigenvalue weighted by molar-refractivity contribution is 6.04. The number of piperidine rings is 1. The van der Waals surface area contributed by atoms with E-state index >= 15 is 0 Å². The molecule has 41 heavy (non-hydrogen) atoms. The summed E-state index contributed by atoms with van der Waals surface area (Å²) in [5, 5.41) is 17.0. The first-order valence-electron chi connectivity index (χ1n) is 13.7. The van der Waals surface area contributed by atoms with Crippen LogP contribution in [0.4, 0.5) is 22.7 Å². The van der Waals surface area contributed by atoms with E-state index in [1.165, 1.54) is 0 Å². The van der Waals surface area contributed by atoms with E-state index in [0.29, 0.717) is 16.8 Å². The summed E-state index contributed by atoms with van der Waals surface area (Å²) in [4.78, 5) is 26.5. The second-order valence-corrected chi connectivity index (χ2v) is 10.3. The lowest BCUT2D eigenvalue weighted by Crippen LogP contribution is -2.35. The first-order valence-corrected chi connectivity index (χ1v) is 13.7. The number of nitrogens with zero attached hydrogens (tertiary/aromatic N) is 2. The molecule has 2 amide bonds. The summed E-state index contributed by atoms with van der Waals surface area (Å²) >= 11 is 0. The van der Waals surface area contributed by atoms with Crippen LogP contribution in [-0.2, 0) is 0 Å². The van der Waals surface area contributed by atoms with Crippen LogP contribution < -0.4 is 21.3 Å². The molecule has 1 aliphatic heterocycles. The Morgan fingerprint density at radius 1 is 0.732 bits per heavy atom. The number of hydrogen-bond acceptors (Lipinski definition) is 5. The van der Waals surface area contributed by atoms with Gasteiger partial charge in [-0.15, -0.1) is 0 Å². The number of carbonyl (C=O) groups is 2. The molecule has 0 radical (unpaired) electrons. The largest absolute Gasteiger partial charge is 0.393 e. The smallest absolute Gasteiger partial charge is 0.255 e. The van der Waals surface area contributed by atoms with Crippen molar-refractivity contribution in [1.29, 1.82) is 0 Å². The predicted octanol–water partition coefficient (Wildman–Crippen LogP) is 5.69. The van der Waals surface area contributed by atoms with Gasteiger partial charge in [0.05, 0.1) is 11.6 Å². The number of carbonyl (C=O) groups excluding carboxylic acids is 2. The Morgan fingerprint density at radius 3 is 1.98 bits per heavy atom. The number of benzene rings is 4. The van der Waals surface area contributed by atoms with Crippen LogP contribution in [-0.4, -0.2) is 40.7 Å². The van der Waals surface area contributed by atoms with E-state index in [0.717, 1.165) is 59.6 Å². The van der Waals surface area contributed by atoms with Crippen molar-refractivity contribution in [3.63, 3.8) is 0 Å². The molecular weight excluding hydrogens is 514 g/mol. The second kappa shape index (κ2) is 11.2. The average Bonchev–Trinajstić information content (AvgIpc) is 3.42. The Kier molecular flexibility index (Phi) is 7.14. The lowest BCUT2D eigenvalue weighted by Gasteiger charge is -2.31. The second-order valence-electron chi connectivity index (χ2n) is 10.3. The Morgan fingerprint density at radius 2 is 1.32 bits per heavy atom. The fourth-order valence-electron chi connectivity index (χ4n) is 5.18. The predicted molar refractivity (Wildman–Crippen MR) is 163 cm³/mol. The molecule has 0 aliphatic carbocycles. The van der Waals surface area contributed by atoms with E-state index in [1.54, 1.807) is 12.1 Å². The van der Waals surface area contributed by atoms with Crippen LogP contribution in [0.3, 0.4) is 0 Å². The monoisotopic (exact) mass is 545 g/mol. The van der Waals surface area contributed by atoms with E-state index in [-0.39, 0.29) is 12.0 Å². The Balaban J connectivity index is 1.06. The maximum absolute atomic E-state index is 12.8. The van der Waals surface area contributed by atoms with Crippen LogP contribution in [0.2, 0.25) is 0 Å². The Bertz CT molecular complexity index is 1680. The lowest BCUT2D eigenvalue weighted by molar-refractivity contribution is 0.0997. The standard InChI is InChI=1S/C33H31N5O3/c34-32(40)24-3-14-31-23(21-24)15-20-38(31)29-12-8-26(9-13-29)35-25-4-6-27(7-5-25)36-33(41)22-1-10-28(11-2-22)37-18-16-30(39)17-19-37/h1-15,20-21,30,35,39H,16-19H2,(H2,34,40)(H,36,41). The fraction of sp³-hybridized carbons (Fsp3) is 0.152. The number of hydrogen-bond donors (Lipinski definition) is 4. The zero-order valence-electron chi connectivity index (χ0n) is 22.5. The normalized spacial score (nSPS) is 13.7. The van der Waals surface area contributed by atoms with Gasteiger partial charge in [0.25, 0.3) is 5.91 Å². The summed E-state index contributed by atoms with van der Waals surface area (Å²) in [5.41, 5.74) is 12.1. The van der Waals surface area contributed by atoms with Crippen LogP contribution in [0.1, 0.15) is 33.6 Å². The summed E-state index contributed by atoms with van der Waals surface area (Å²) in [5.74, 6) is -0.600. The van der Waals surface area contributed by atoms with Crippen LogP contribution in [0.5, 0.6) is 0 Å². The van der Waals surface area contributed by atoms with Gasteiger partial charge in [-0.2, -0.15) is 0 Å². The minimum absolute atomic E-state index is 0.162. The molecule has 5 aromatic rings. The third-order valence-corrected chi connectivity index (χ3v) is 7.51. The van der Waals surface area contributed by atoms with E-state index in [2.05, 4.69) is 20.1 Å². The van der Waals surface area contributed by atoms with Crippen LogP contribution in [0.25, 0.3) is 16.6 Å². The van der Waals surface area contributed by atoms with Gasteiger partial charge in [0.1, 0.15) is 0 Å². The van der Waals surface area contributed by atoms with Crippen LogP contribution in [0.15, 0.2) is 103 Å². The summed E-state index contributed by atoms with van der Waals surface area (Å²) in [6.07, 6.45) is 3.30. The topological polar surface area (TPSA) is 113 Å². The molecule has 1 aliphatic rings. The van der Waals surface area contributed by atoms with Gasteiger partial charge in [-0.25, -0.2) is 0 Å². The van der Waals surface area contributed by atoms with E-state index in [9.17, 15) is 14.7 Å². The molecule has 4 aromatic carbocycles. The number of nitrogens with one attached hydrogen (secondary N) is 2. The molecule has 1 fully saturated rings. The number of anilines is 4. The van der Waals surface area contributed by atoms with Crippen molar-refractivity contribution in [2.45, 2.75) is 18.9 Å². The number of aliphatic hydroxyl groups is 1. The number of aliphatic hydroxyl groups excluding tert-OH is 1. The van der Waals surface area contributed by atoms with Crippen LogP contribution >= 0.6 is 0 Å². The summed E-state index contributed by atoms with van der Waals surface area (Å²) in [6.45, 7) is 1.64. The number of aromatic nitrogens is 1. The zero-order valence-corrected chi connectivity index (χ0v) is 22.5. The molecule has 0 unspecified atom stereocenters. The van der Waals surface area contributed by atoms with E-state index < -0.39 is 5.91 Å². The van der Waals surface area contributed by atoms with Crippen molar-refractivity contribution in [2.24, 2.45) is 5.73 Å². The lowest BCUT2D eigenvalue weighted by atomic mass is 10.1. The molecule has 0 spiro atoms. The third-order valence-electron chi connectivity index (χ3n) is 7.51. The van der Waals surface area contributed by atoms with Gasteiger partial charge in [0, 0.05) is 64.2 Å². The van der Waals surface area contributed by atoms with Gasteiger partial charge in [0.2, 0.25) is 5.91 Å².